The average Bonchev–Trinajstić information content (AvgIpc) is 2.66. The van der Waals surface area contributed by atoms with E-state index in [0.717, 1.165) is 18.4 Å². The average molecular weight is 361 g/mol. The molecule has 3 amide bonds. The van der Waals surface area contributed by atoms with Crippen molar-refractivity contribution in [3.8, 4) is 0 Å². The van der Waals surface area contributed by atoms with Gasteiger partial charge in [0, 0.05) is 19.6 Å². The van der Waals surface area contributed by atoms with Gasteiger partial charge in [0.05, 0.1) is 12.0 Å². The Balaban J connectivity index is 2.13. The maximum atomic E-state index is 13.2. The molecule has 5 nitrogen and oxygen atoms in total. The first kappa shape index (κ1) is 19.9. The highest BCUT2D eigenvalue weighted by Gasteiger charge is 2.35. The fraction of sp³-hybridized carbons (Fsp3) is 0.500. The predicted octanol–water partition coefficient (Wildman–Crippen LogP) is 3.39. The summed E-state index contributed by atoms with van der Waals surface area (Å²) in [6, 6.07) is 5.92. The van der Waals surface area contributed by atoms with Crippen molar-refractivity contribution in [3.63, 3.8) is 0 Å². The lowest BCUT2D eigenvalue weighted by Crippen LogP contribution is -2.50. The zero-order valence-electron chi connectivity index (χ0n) is 15.3. The van der Waals surface area contributed by atoms with Crippen LogP contribution in [0.25, 0.3) is 0 Å². The van der Waals surface area contributed by atoms with Gasteiger partial charge in [0.25, 0.3) is 0 Å². The lowest BCUT2D eigenvalue weighted by Gasteiger charge is -2.39. The second kappa shape index (κ2) is 9.94. The summed E-state index contributed by atoms with van der Waals surface area (Å²) in [7, 11) is 0. The molecule has 1 saturated heterocycles. The Morgan fingerprint density at radius 2 is 2.00 bits per heavy atom. The third kappa shape index (κ3) is 5.31. The molecule has 0 aromatic heterocycles. The molecule has 1 aliphatic heterocycles. The molecule has 0 aliphatic carbocycles. The minimum absolute atomic E-state index is 0.0613. The van der Waals surface area contributed by atoms with E-state index in [9.17, 15) is 14.0 Å². The largest absolute Gasteiger partial charge is 0.352 e. The number of benzene rings is 1. The van der Waals surface area contributed by atoms with Crippen LogP contribution in [0.2, 0.25) is 0 Å². The van der Waals surface area contributed by atoms with Crippen LogP contribution in [0.1, 0.15) is 44.2 Å². The number of nitrogens with zero attached hydrogens (tertiary/aromatic N) is 1. The van der Waals surface area contributed by atoms with Crippen LogP contribution in [0.4, 0.5) is 9.18 Å². The standard InChI is InChI=1S/C20H28FN3O2/c1-3-5-13-23-20(26)24-14-16(19(25)22-12-4-2)8-11-18(24)15-6-9-17(21)10-7-15/h4,6-7,9-10,16,18H,2-3,5,8,11-14H2,1H3,(H,22,25)(H,23,26)/t16-,18-/m0/s1. The molecule has 2 atom stereocenters. The molecule has 1 aromatic rings. The summed E-state index contributed by atoms with van der Waals surface area (Å²) >= 11 is 0. The number of nitrogens with one attached hydrogen (secondary N) is 2. The van der Waals surface area contributed by atoms with Crippen molar-refractivity contribution < 1.29 is 14.0 Å². The molecule has 6 heteroatoms. The van der Waals surface area contributed by atoms with Gasteiger partial charge in [0.2, 0.25) is 5.91 Å². The van der Waals surface area contributed by atoms with Crippen LogP contribution < -0.4 is 10.6 Å². The fourth-order valence-electron chi connectivity index (χ4n) is 3.23. The van der Waals surface area contributed by atoms with Crippen LogP contribution >= 0.6 is 0 Å². The van der Waals surface area contributed by atoms with Gasteiger partial charge in [0.1, 0.15) is 5.82 Å². The minimum Gasteiger partial charge on any atom is -0.352 e. The molecule has 0 bridgehead atoms. The molecule has 2 N–H and O–H groups in total. The quantitative estimate of drug-likeness (QED) is 0.578. The van der Waals surface area contributed by atoms with E-state index in [2.05, 4.69) is 24.1 Å². The highest BCUT2D eigenvalue weighted by molar-refractivity contribution is 5.81. The maximum Gasteiger partial charge on any atom is 0.317 e. The van der Waals surface area contributed by atoms with Crippen molar-refractivity contribution >= 4 is 11.9 Å². The van der Waals surface area contributed by atoms with E-state index >= 15 is 0 Å². The number of carbonyl (C=O) groups excluding carboxylic acids is 2. The molecule has 0 spiro atoms. The number of rotatable bonds is 7. The number of carbonyl (C=O) groups is 2. The molecule has 26 heavy (non-hydrogen) atoms. The lowest BCUT2D eigenvalue weighted by atomic mass is 9.88. The Kier molecular flexibility index (Phi) is 7.63. The number of likely N-dealkylation sites (tertiary alicyclic amines) is 1. The molecule has 142 valence electrons. The lowest BCUT2D eigenvalue weighted by molar-refractivity contribution is -0.126. The Labute approximate surface area is 154 Å². The van der Waals surface area contributed by atoms with Gasteiger partial charge >= 0.3 is 6.03 Å². The molecule has 1 aromatic carbocycles. The van der Waals surface area contributed by atoms with Gasteiger partial charge in [0.15, 0.2) is 0 Å². The Bertz CT molecular complexity index is 618. The summed E-state index contributed by atoms with van der Waals surface area (Å²) in [4.78, 5) is 26.7. The molecule has 0 unspecified atom stereocenters. The number of urea groups is 1. The van der Waals surface area contributed by atoms with Crippen LogP contribution in [-0.4, -0.2) is 36.5 Å². The highest BCUT2D eigenvalue weighted by Crippen LogP contribution is 2.33. The number of hydrogen-bond acceptors (Lipinski definition) is 2. The smallest absolute Gasteiger partial charge is 0.317 e. The van der Waals surface area contributed by atoms with E-state index in [4.69, 9.17) is 0 Å². The van der Waals surface area contributed by atoms with Crippen molar-refractivity contribution in [3.05, 3.63) is 48.3 Å². The summed E-state index contributed by atoms with van der Waals surface area (Å²) < 4.78 is 13.2. The Hall–Kier alpha value is -2.37. The zero-order chi connectivity index (χ0) is 18.9. The van der Waals surface area contributed by atoms with Crippen LogP contribution in [-0.2, 0) is 4.79 Å². The van der Waals surface area contributed by atoms with E-state index in [1.54, 1.807) is 23.1 Å². The second-order valence-electron chi connectivity index (χ2n) is 6.61. The molecular formula is C20H28FN3O2. The first-order valence-electron chi connectivity index (χ1n) is 9.25. The molecule has 2 rings (SSSR count). The zero-order valence-corrected chi connectivity index (χ0v) is 15.3. The number of amides is 3. The van der Waals surface area contributed by atoms with Crippen LogP contribution in [0.15, 0.2) is 36.9 Å². The third-order valence-corrected chi connectivity index (χ3v) is 4.70. The normalized spacial score (nSPS) is 19.7. The van der Waals surface area contributed by atoms with Crippen molar-refractivity contribution in [2.45, 2.75) is 38.6 Å². The van der Waals surface area contributed by atoms with E-state index < -0.39 is 0 Å². The monoisotopic (exact) mass is 361 g/mol. The van der Waals surface area contributed by atoms with Gasteiger partial charge in [-0.2, -0.15) is 0 Å². The van der Waals surface area contributed by atoms with Crippen molar-refractivity contribution in [1.82, 2.24) is 15.5 Å². The number of halogens is 1. The number of unbranched alkanes of at least 4 members (excludes halogenated alkanes) is 1. The minimum atomic E-state index is -0.301. The summed E-state index contributed by atoms with van der Waals surface area (Å²) in [5.41, 5.74) is 0.891. The third-order valence-electron chi connectivity index (χ3n) is 4.70. The summed E-state index contributed by atoms with van der Waals surface area (Å²) in [6.45, 7) is 7.04. The number of piperidine rings is 1. The topological polar surface area (TPSA) is 61.4 Å². The molecule has 1 aliphatic rings. The SMILES string of the molecule is C=CCNC(=O)[C@H]1CC[C@@H](c2ccc(F)cc2)N(C(=O)NCCCC)C1. The van der Waals surface area contributed by atoms with Crippen molar-refractivity contribution in [2.75, 3.05) is 19.6 Å². The van der Waals surface area contributed by atoms with Crippen molar-refractivity contribution in [1.29, 1.82) is 0 Å². The first-order chi connectivity index (χ1) is 12.6. The highest BCUT2D eigenvalue weighted by atomic mass is 19.1. The number of hydrogen-bond donors (Lipinski definition) is 2. The van der Waals surface area contributed by atoms with Gasteiger partial charge in [-0.25, -0.2) is 9.18 Å². The molecule has 0 saturated carbocycles. The Morgan fingerprint density at radius 3 is 2.65 bits per heavy atom. The van der Waals surface area contributed by atoms with Gasteiger partial charge in [-0.15, -0.1) is 6.58 Å². The molecule has 0 radical (unpaired) electrons. The summed E-state index contributed by atoms with van der Waals surface area (Å²) in [6.07, 6.45) is 4.89. The summed E-state index contributed by atoms with van der Waals surface area (Å²) in [5.74, 6) is -0.609. The predicted molar refractivity (Wildman–Crippen MR) is 100 cm³/mol. The van der Waals surface area contributed by atoms with Crippen LogP contribution in [0.3, 0.4) is 0 Å². The molecule has 1 heterocycles. The van der Waals surface area contributed by atoms with Gasteiger partial charge in [-0.1, -0.05) is 31.6 Å². The van der Waals surface area contributed by atoms with E-state index in [1.807, 2.05) is 0 Å². The fourth-order valence-corrected chi connectivity index (χ4v) is 3.23. The second-order valence-corrected chi connectivity index (χ2v) is 6.61. The molecular weight excluding hydrogens is 333 g/mol. The van der Waals surface area contributed by atoms with Gasteiger partial charge in [-0.3, -0.25) is 4.79 Å². The summed E-state index contributed by atoms with van der Waals surface area (Å²) in [5, 5.41) is 5.74. The first-order valence-corrected chi connectivity index (χ1v) is 9.25. The van der Waals surface area contributed by atoms with Crippen LogP contribution in [0, 0.1) is 11.7 Å². The van der Waals surface area contributed by atoms with E-state index in [0.29, 0.717) is 32.5 Å². The van der Waals surface area contributed by atoms with Crippen molar-refractivity contribution in [2.24, 2.45) is 5.92 Å². The van der Waals surface area contributed by atoms with Gasteiger partial charge in [-0.05, 0) is 37.0 Å². The Morgan fingerprint density at radius 1 is 1.27 bits per heavy atom. The van der Waals surface area contributed by atoms with E-state index in [1.165, 1.54) is 12.1 Å². The maximum absolute atomic E-state index is 13.2. The molecule has 1 fully saturated rings. The van der Waals surface area contributed by atoms with Gasteiger partial charge < -0.3 is 15.5 Å². The van der Waals surface area contributed by atoms with Crippen LogP contribution in [0.5, 0.6) is 0 Å². The van der Waals surface area contributed by atoms with E-state index in [-0.39, 0.29) is 29.7 Å².